The van der Waals surface area contributed by atoms with E-state index < -0.39 is 0 Å². The van der Waals surface area contributed by atoms with Crippen molar-refractivity contribution in [1.29, 1.82) is 5.26 Å². The van der Waals surface area contributed by atoms with Gasteiger partial charge in [-0.3, -0.25) is 4.79 Å². The second-order valence-corrected chi connectivity index (χ2v) is 6.56. The molecule has 108 valence electrons. The van der Waals surface area contributed by atoms with Gasteiger partial charge in [0.05, 0.1) is 10.6 Å². The predicted molar refractivity (Wildman–Crippen MR) is 83.1 cm³/mol. The number of rotatable bonds is 4. The third kappa shape index (κ3) is 2.96. The minimum absolute atomic E-state index is 0.00863. The molecule has 1 saturated carbocycles. The Morgan fingerprint density at radius 3 is 2.65 bits per heavy atom. The van der Waals surface area contributed by atoms with E-state index in [-0.39, 0.29) is 5.78 Å². The SMILES string of the molecule is CCC(=O)c1sc(NC2CCC(C)CC2)c(C#N)c1N. The Labute approximate surface area is 124 Å². The van der Waals surface area contributed by atoms with Gasteiger partial charge in [0.2, 0.25) is 0 Å². The van der Waals surface area contributed by atoms with Gasteiger partial charge >= 0.3 is 0 Å². The number of nitrogens with one attached hydrogen (secondary N) is 1. The van der Waals surface area contributed by atoms with Gasteiger partial charge in [0, 0.05) is 12.5 Å². The first kappa shape index (κ1) is 14.9. The van der Waals surface area contributed by atoms with Crippen LogP contribution in [0.1, 0.15) is 61.2 Å². The fraction of sp³-hybridized carbons (Fsp3) is 0.600. The largest absolute Gasteiger partial charge is 0.396 e. The van der Waals surface area contributed by atoms with Crippen LogP contribution < -0.4 is 11.1 Å². The summed E-state index contributed by atoms with van der Waals surface area (Å²) in [5.74, 6) is 0.795. The molecule has 0 aliphatic heterocycles. The molecule has 0 atom stereocenters. The zero-order valence-corrected chi connectivity index (χ0v) is 12.8. The number of carbonyl (C=O) groups is 1. The monoisotopic (exact) mass is 291 g/mol. The first-order valence-corrected chi connectivity index (χ1v) is 8.00. The third-order valence-electron chi connectivity index (χ3n) is 3.98. The molecule has 2 rings (SSSR count). The van der Waals surface area contributed by atoms with Crippen molar-refractivity contribution in [3.05, 3.63) is 10.4 Å². The molecule has 1 aliphatic carbocycles. The Bertz CT molecular complexity index is 536. The molecule has 0 saturated heterocycles. The molecule has 5 heteroatoms. The summed E-state index contributed by atoms with van der Waals surface area (Å²) in [7, 11) is 0. The zero-order chi connectivity index (χ0) is 14.7. The van der Waals surface area contributed by atoms with E-state index in [0.29, 0.717) is 28.6 Å². The average Bonchev–Trinajstić information content (AvgIpc) is 2.76. The lowest BCUT2D eigenvalue weighted by Gasteiger charge is -2.27. The van der Waals surface area contributed by atoms with Gasteiger partial charge in [0.15, 0.2) is 5.78 Å². The van der Waals surface area contributed by atoms with E-state index in [1.165, 1.54) is 24.2 Å². The Morgan fingerprint density at radius 2 is 2.10 bits per heavy atom. The topological polar surface area (TPSA) is 78.9 Å². The third-order valence-corrected chi connectivity index (χ3v) is 5.16. The Hall–Kier alpha value is -1.54. The van der Waals surface area contributed by atoms with E-state index in [4.69, 9.17) is 5.73 Å². The first-order valence-electron chi connectivity index (χ1n) is 7.18. The lowest BCUT2D eigenvalue weighted by atomic mass is 9.87. The molecule has 1 fully saturated rings. The molecule has 1 aromatic heterocycles. The van der Waals surface area contributed by atoms with Crippen LogP contribution in [0.3, 0.4) is 0 Å². The van der Waals surface area contributed by atoms with Crippen molar-refractivity contribution in [3.63, 3.8) is 0 Å². The van der Waals surface area contributed by atoms with Gasteiger partial charge in [0.1, 0.15) is 16.6 Å². The number of carbonyl (C=O) groups excluding carboxylic acids is 1. The highest BCUT2D eigenvalue weighted by molar-refractivity contribution is 7.19. The highest BCUT2D eigenvalue weighted by Crippen LogP contribution is 2.37. The van der Waals surface area contributed by atoms with E-state index in [1.807, 2.05) is 6.92 Å². The van der Waals surface area contributed by atoms with Crippen LogP contribution in [0.25, 0.3) is 0 Å². The summed E-state index contributed by atoms with van der Waals surface area (Å²) in [6.45, 7) is 4.08. The Kier molecular flexibility index (Phi) is 4.66. The van der Waals surface area contributed by atoms with E-state index in [1.54, 1.807) is 0 Å². The van der Waals surface area contributed by atoms with Crippen molar-refractivity contribution in [2.75, 3.05) is 11.1 Å². The molecule has 1 heterocycles. The van der Waals surface area contributed by atoms with E-state index >= 15 is 0 Å². The van der Waals surface area contributed by atoms with Crippen molar-refractivity contribution in [2.45, 2.75) is 52.0 Å². The maximum atomic E-state index is 11.8. The van der Waals surface area contributed by atoms with Gasteiger partial charge in [-0.05, 0) is 31.6 Å². The van der Waals surface area contributed by atoms with Gasteiger partial charge in [-0.25, -0.2) is 0 Å². The smallest absolute Gasteiger partial charge is 0.174 e. The van der Waals surface area contributed by atoms with Crippen LogP contribution in [-0.4, -0.2) is 11.8 Å². The first-order chi connectivity index (χ1) is 9.56. The van der Waals surface area contributed by atoms with Crippen molar-refractivity contribution < 1.29 is 4.79 Å². The molecule has 20 heavy (non-hydrogen) atoms. The number of nitriles is 1. The summed E-state index contributed by atoms with van der Waals surface area (Å²) in [4.78, 5) is 12.4. The molecule has 1 aliphatic rings. The predicted octanol–water partition coefficient (Wildman–Crippen LogP) is 3.79. The molecule has 1 aromatic rings. The van der Waals surface area contributed by atoms with Crippen LogP contribution in [-0.2, 0) is 0 Å². The van der Waals surface area contributed by atoms with Crippen LogP contribution in [0.5, 0.6) is 0 Å². The normalized spacial score (nSPS) is 22.2. The molecule has 0 amide bonds. The number of nitrogens with zero attached hydrogens (tertiary/aromatic N) is 1. The fourth-order valence-corrected chi connectivity index (χ4v) is 3.77. The molecular weight excluding hydrogens is 270 g/mol. The standard InChI is InChI=1S/C15H21N3OS/c1-3-12(19)14-13(17)11(8-16)15(20-14)18-10-6-4-9(2)5-7-10/h9-10,18H,3-7,17H2,1-2H3. The van der Waals surface area contributed by atoms with Crippen molar-refractivity contribution in [1.82, 2.24) is 0 Å². The number of nitrogen functional groups attached to an aromatic ring is 1. The average molecular weight is 291 g/mol. The fourth-order valence-electron chi connectivity index (χ4n) is 2.61. The quantitative estimate of drug-likeness (QED) is 0.827. The number of thiophene rings is 1. The van der Waals surface area contributed by atoms with Crippen molar-refractivity contribution >= 4 is 27.8 Å². The van der Waals surface area contributed by atoms with Crippen molar-refractivity contribution in [2.24, 2.45) is 5.92 Å². The minimum Gasteiger partial charge on any atom is -0.396 e. The molecule has 0 spiro atoms. The Balaban J connectivity index is 2.19. The van der Waals surface area contributed by atoms with Gasteiger partial charge in [0.25, 0.3) is 0 Å². The highest BCUT2D eigenvalue weighted by Gasteiger charge is 2.23. The number of hydrogen-bond acceptors (Lipinski definition) is 5. The summed E-state index contributed by atoms with van der Waals surface area (Å²) in [5, 5.41) is 13.5. The molecular formula is C15H21N3OS. The number of nitrogens with two attached hydrogens (primary N) is 1. The minimum atomic E-state index is 0.00863. The molecule has 0 aromatic carbocycles. The van der Waals surface area contributed by atoms with E-state index in [0.717, 1.165) is 23.8 Å². The molecule has 0 radical (unpaired) electrons. The summed E-state index contributed by atoms with van der Waals surface area (Å²) in [6, 6.07) is 2.52. The van der Waals surface area contributed by atoms with Gasteiger partial charge in [-0.15, -0.1) is 11.3 Å². The summed E-state index contributed by atoms with van der Waals surface area (Å²) >= 11 is 1.33. The molecule has 0 bridgehead atoms. The van der Waals surface area contributed by atoms with Crippen LogP contribution in [0.15, 0.2) is 0 Å². The maximum absolute atomic E-state index is 11.8. The van der Waals surface area contributed by atoms with Crippen LogP contribution >= 0.6 is 11.3 Å². The lowest BCUT2D eigenvalue weighted by Crippen LogP contribution is -2.25. The second-order valence-electron chi connectivity index (χ2n) is 5.54. The summed E-state index contributed by atoms with van der Waals surface area (Å²) < 4.78 is 0. The zero-order valence-electron chi connectivity index (χ0n) is 12.0. The van der Waals surface area contributed by atoms with E-state index in [2.05, 4.69) is 18.3 Å². The number of anilines is 2. The number of hydrogen-bond donors (Lipinski definition) is 2. The summed E-state index contributed by atoms with van der Waals surface area (Å²) in [6.07, 6.45) is 5.06. The van der Waals surface area contributed by atoms with Crippen LogP contribution in [0, 0.1) is 17.2 Å². The maximum Gasteiger partial charge on any atom is 0.174 e. The van der Waals surface area contributed by atoms with Gasteiger partial charge in [-0.2, -0.15) is 5.26 Å². The number of ketones is 1. The molecule has 4 nitrogen and oxygen atoms in total. The molecule has 3 N–H and O–H groups in total. The van der Waals surface area contributed by atoms with Crippen molar-refractivity contribution in [3.8, 4) is 6.07 Å². The molecule has 0 unspecified atom stereocenters. The van der Waals surface area contributed by atoms with Gasteiger partial charge in [-0.1, -0.05) is 13.8 Å². The van der Waals surface area contributed by atoms with Crippen LogP contribution in [0.2, 0.25) is 0 Å². The summed E-state index contributed by atoms with van der Waals surface area (Å²) in [5.41, 5.74) is 6.72. The lowest BCUT2D eigenvalue weighted by molar-refractivity contribution is 0.0993. The van der Waals surface area contributed by atoms with Crippen LogP contribution in [0.4, 0.5) is 10.7 Å². The van der Waals surface area contributed by atoms with Gasteiger partial charge < -0.3 is 11.1 Å². The number of Topliss-reactive ketones (excluding diaryl/α,β-unsaturated/α-hetero) is 1. The highest BCUT2D eigenvalue weighted by atomic mass is 32.1. The Morgan fingerprint density at radius 1 is 1.45 bits per heavy atom. The second kappa shape index (κ2) is 6.27. The van der Waals surface area contributed by atoms with E-state index in [9.17, 15) is 10.1 Å².